The van der Waals surface area contributed by atoms with Gasteiger partial charge < -0.3 is 15.2 Å². The second-order valence-electron chi connectivity index (χ2n) is 2.71. The maximum Gasteiger partial charge on any atom is 0.350 e. The molecular weight excluding hydrogens is 212 g/mol. The smallest absolute Gasteiger partial charge is 0.350 e. The van der Waals surface area contributed by atoms with Crippen molar-refractivity contribution in [2.75, 3.05) is 13.2 Å². The van der Waals surface area contributed by atoms with Crippen molar-refractivity contribution in [2.24, 2.45) is 5.73 Å². The summed E-state index contributed by atoms with van der Waals surface area (Å²) < 4.78 is 9.24. The first-order valence-corrected chi connectivity index (χ1v) is 4.78. The van der Waals surface area contributed by atoms with Crippen molar-refractivity contribution in [3.8, 4) is 6.07 Å². The quantitative estimate of drug-likeness (QED) is 0.409. The van der Waals surface area contributed by atoms with Crippen LogP contribution in [0, 0.1) is 11.3 Å². The average molecular weight is 226 g/mol. The lowest BCUT2D eigenvalue weighted by atomic mass is 10.2. The molecule has 88 valence electrons. The van der Waals surface area contributed by atoms with Gasteiger partial charge in [-0.25, -0.2) is 4.79 Å². The minimum Gasteiger partial charge on any atom is -0.466 e. The van der Waals surface area contributed by atoms with Gasteiger partial charge in [-0.1, -0.05) is 0 Å². The zero-order chi connectivity index (χ0) is 12.6. The van der Waals surface area contributed by atoms with E-state index in [2.05, 4.69) is 9.47 Å². The minimum absolute atomic E-state index is 0.136. The Hall–Kier alpha value is -2.03. The molecule has 0 saturated heterocycles. The maximum absolute atomic E-state index is 11.2. The van der Waals surface area contributed by atoms with E-state index in [-0.39, 0.29) is 30.9 Å². The van der Waals surface area contributed by atoms with Gasteiger partial charge in [0.1, 0.15) is 6.07 Å². The Morgan fingerprint density at radius 3 is 2.25 bits per heavy atom. The summed E-state index contributed by atoms with van der Waals surface area (Å²) in [6, 6.07) is 1.61. The third-order valence-electron chi connectivity index (χ3n) is 1.55. The normalized spacial score (nSPS) is 11.1. The fourth-order valence-corrected chi connectivity index (χ4v) is 0.908. The first kappa shape index (κ1) is 14.0. The highest BCUT2D eigenvalue weighted by molar-refractivity contribution is 5.94. The molecule has 0 aliphatic carbocycles. The molecule has 0 fully saturated rings. The molecule has 0 amide bonds. The topological polar surface area (TPSA) is 102 Å². The van der Waals surface area contributed by atoms with E-state index in [1.165, 1.54) is 0 Å². The molecule has 0 aliphatic heterocycles. The van der Waals surface area contributed by atoms with Gasteiger partial charge in [-0.05, 0) is 13.8 Å². The molecule has 0 heterocycles. The summed E-state index contributed by atoms with van der Waals surface area (Å²) in [6.07, 6.45) is -0.296. The van der Waals surface area contributed by atoms with E-state index in [0.29, 0.717) is 0 Å². The molecule has 0 radical (unpaired) electrons. The summed E-state index contributed by atoms with van der Waals surface area (Å²) in [5, 5.41) is 8.70. The van der Waals surface area contributed by atoms with Gasteiger partial charge in [-0.3, -0.25) is 4.79 Å². The van der Waals surface area contributed by atoms with Crippen LogP contribution < -0.4 is 5.73 Å². The maximum atomic E-state index is 11.2. The molecule has 0 aliphatic rings. The number of hydrogen-bond acceptors (Lipinski definition) is 6. The van der Waals surface area contributed by atoms with E-state index in [9.17, 15) is 9.59 Å². The molecule has 0 spiro atoms. The van der Waals surface area contributed by atoms with E-state index < -0.39 is 11.9 Å². The Labute approximate surface area is 93.6 Å². The van der Waals surface area contributed by atoms with Gasteiger partial charge in [0.05, 0.1) is 19.6 Å². The molecule has 16 heavy (non-hydrogen) atoms. The highest BCUT2D eigenvalue weighted by Crippen LogP contribution is 2.06. The Balaban J connectivity index is 4.69. The largest absolute Gasteiger partial charge is 0.466 e. The van der Waals surface area contributed by atoms with E-state index in [0.717, 1.165) is 0 Å². The summed E-state index contributed by atoms with van der Waals surface area (Å²) in [6.45, 7) is 3.60. The van der Waals surface area contributed by atoms with Crippen molar-refractivity contribution < 1.29 is 19.1 Å². The molecule has 0 saturated carbocycles. The van der Waals surface area contributed by atoms with Gasteiger partial charge in [-0.15, -0.1) is 0 Å². The first-order valence-electron chi connectivity index (χ1n) is 4.78. The molecule has 0 bridgehead atoms. The monoisotopic (exact) mass is 226 g/mol. The fourth-order valence-electron chi connectivity index (χ4n) is 0.908. The molecular formula is C10H14N2O4. The number of nitrogens with zero attached hydrogens (tertiary/aromatic N) is 1. The van der Waals surface area contributed by atoms with Crippen LogP contribution in [0.3, 0.4) is 0 Å². The van der Waals surface area contributed by atoms with Crippen molar-refractivity contribution in [2.45, 2.75) is 20.3 Å². The van der Waals surface area contributed by atoms with E-state index >= 15 is 0 Å². The van der Waals surface area contributed by atoms with Gasteiger partial charge in [0, 0.05) is 5.70 Å². The van der Waals surface area contributed by atoms with E-state index in [4.69, 9.17) is 11.0 Å². The summed E-state index contributed by atoms with van der Waals surface area (Å²) in [7, 11) is 0. The number of carbonyl (C=O) groups is 2. The Morgan fingerprint density at radius 1 is 1.25 bits per heavy atom. The van der Waals surface area contributed by atoms with Crippen molar-refractivity contribution in [1.29, 1.82) is 5.26 Å². The van der Waals surface area contributed by atoms with Crippen LogP contribution in [0.1, 0.15) is 20.3 Å². The van der Waals surface area contributed by atoms with E-state index in [1.54, 1.807) is 19.9 Å². The van der Waals surface area contributed by atoms with Gasteiger partial charge >= 0.3 is 11.9 Å². The first-order chi connectivity index (χ1) is 7.56. The van der Waals surface area contributed by atoms with Crippen molar-refractivity contribution in [3.63, 3.8) is 0 Å². The van der Waals surface area contributed by atoms with Gasteiger partial charge in [-0.2, -0.15) is 5.26 Å². The Bertz CT molecular complexity index is 341. The fraction of sp³-hybridized carbons (Fsp3) is 0.500. The van der Waals surface area contributed by atoms with Gasteiger partial charge in [0.25, 0.3) is 0 Å². The van der Waals surface area contributed by atoms with Crippen LogP contribution >= 0.6 is 0 Å². The highest BCUT2D eigenvalue weighted by Gasteiger charge is 2.17. The number of esters is 2. The molecule has 0 atom stereocenters. The van der Waals surface area contributed by atoms with Crippen LogP contribution in [0.4, 0.5) is 0 Å². The van der Waals surface area contributed by atoms with E-state index in [1.807, 2.05) is 0 Å². The Kier molecular flexibility index (Phi) is 6.36. The molecule has 6 heteroatoms. The van der Waals surface area contributed by atoms with Crippen molar-refractivity contribution in [3.05, 3.63) is 11.3 Å². The van der Waals surface area contributed by atoms with Crippen LogP contribution in [-0.2, 0) is 19.1 Å². The summed E-state index contributed by atoms with van der Waals surface area (Å²) in [5.74, 6) is -1.41. The lowest BCUT2D eigenvalue weighted by Crippen LogP contribution is -2.16. The SMILES string of the molecule is CCOC(=O)C/C(N)=C(\C#N)C(=O)OCC. The highest BCUT2D eigenvalue weighted by atomic mass is 16.5. The average Bonchev–Trinajstić information content (AvgIpc) is 2.19. The molecule has 0 unspecified atom stereocenters. The van der Waals surface area contributed by atoms with Crippen LogP contribution in [-0.4, -0.2) is 25.2 Å². The van der Waals surface area contributed by atoms with Gasteiger partial charge in [0.15, 0.2) is 5.57 Å². The Morgan fingerprint density at radius 2 is 1.81 bits per heavy atom. The van der Waals surface area contributed by atoms with Crippen LogP contribution in [0.25, 0.3) is 0 Å². The van der Waals surface area contributed by atoms with Crippen LogP contribution in [0.2, 0.25) is 0 Å². The zero-order valence-electron chi connectivity index (χ0n) is 9.28. The number of nitriles is 1. The molecule has 0 aromatic carbocycles. The molecule has 6 nitrogen and oxygen atoms in total. The summed E-state index contributed by atoms with van der Waals surface area (Å²) in [4.78, 5) is 22.3. The minimum atomic E-state index is -0.827. The molecule has 2 N–H and O–H groups in total. The standard InChI is InChI=1S/C10H14N2O4/c1-3-15-9(13)5-8(12)7(6-11)10(14)16-4-2/h3-5,12H2,1-2H3/b8-7-. The zero-order valence-corrected chi connectivity index (χ0v) is 9.28. The van der Waals surface area contributed by atoms with Crippen molar-refractivity contribution >= 4 is 11.9 Å². The molecule has 0 aromatic heterocycles. The lowest BCUT2D eigenvalue weighted by Gasteiger charge is -2.05. The van der Waals surface area contributed by atoms with Gasteiger partial charge in [0.2, 0.25) is 0 Å². The van der Waals surface area contributed by atoms with Crippen molar-refractivity contribution in [1.82, 2.24) is 0 Å². The van der Waals surface area contributed by atoms with Crippen LogP contribution in [0.15, 0.2) is 11.3 Å². The second kappa shape index (κ2) is 7.29. The predicted octanol–water partition coefficient (Wildman–Crippen LogP) is 0.239. The molecule has 0 rings (SSSR count). The number of rotatable bonds is 5. The third-order valence-corrected chi connectivity index (χ3v) is 1.55. The number of carbonyl (C=O) groups excluding carboxylic acids is 2. The number of ether oxygens (including phenoxy) is 2. The second-order valence-corrected chi connectivity index (χ2v) is 2.71. The lowest BCUT2D eigenvalue weighted by molar-refractivity contribution is -0.142. The number of hydrogen-bond donors (Lipinski definition) is 1. The van der Waals surface area contributed by atoms with Crippen LogP contribution in [0.5, 0.6) is 0 Å². The summed E-state index contributed by atoms with van der Waals surface area (Å²) in [5.41, 5.74) is 4.95. The molecule has 0 aromatic rings. The summed E-state index contributed by atoms with van der Waals surface area (Å²) >= 11 is 0. The number of nitrogens with two attached hydrogens (primary N) is 1. The predicted molar refractivity (Wildman–Crippen MR) is 54.7 cm³/mol. The third kappa shape index (κ3) is 4.46.